The van der Waals surface area contributed by atoms with Crippen molar-refractivity contribution in [3.8, 4) is 0 Å². The molecule has 0 aromatic heterocycles. The standard InChI is InChI=1S/C21H24N2O4/c1-13-5-7-16(8-6-13)19(22-15(3)24)12-20(25)23-18-10-9-17(11-14(18)2)21(26)27-4/h5-11,19H,12H2,1-4H3,(H,22,24)(H,23,25). The average Bonchev–Trinajstić information content (AvgIpc) is 2.62. The Morgan fingerprint density at radius 2 is 1.70 bits per heavy atom. The lowest BCUT2D eigenvalue weighted by atomic mass is 10.0. The summed E-state index contributed by atoms with van der Waals surface area (Å²) >= 11 is 0. The van der Waals surface area contributed by atoms with Crippen LogP contribution in [0.15, 0.2) is 42.5 Å². The molecule has 2 aromatic rings. The van der Waals surface area contributed by atoms with Crippen molar-refractivity contribution in [3.05, 3.63) is 64.7 Å². The van der Waals surface area contributed by atoms with Gasteiger partial charge in [0.15, 0.2) is 0 Å². The third kappa shape index (κ3) is 5.67. The maximum atomic E-state index is 12.5. The molecule has 2 rings (SSSR count). The van der Waals surface area contributed by atoms with Gasteiger partial charge >= 0.3 is 5.97 Å². The van der Waals surface area contributed by atoms with Crippen molar-refractivity contribution in [2.75, 3.05) is 12.4 Å². The van der Waals surface area contributed by atoms with Gasteiger partial charge in [-0.25, -0.2) is 4.79 Å². The fourth-order valence-electron chi connectivity index (χ4n) is 2.73. The zero-order valence-corrected chi connectivity index (χ0v) is 16.0. The van der Waals surface area contributed by atoms with Crippen LogP contribution in [0.5, 0.6) is 0 Å². The highest BCUT2D eigenvalue weighted by Gasteiger charge is 2.18. The number of aryl methyl sites for hydroxylation is 2. The van der Waals surface area contributed by atoms with Crippen molar-refractivity contribution in [3.63, 3.8) is 0 Å². The van der Waals surface area contributed by atoms with E-state index >= 15 is 0 Å². The molecule has 0 aliphatic heterocycles. The normalized spacial score (nSPS) is 11.4. The van der Waals surface area contributed by atoms with Crippen LogP contribution >= 0.6 is 0 Å². The average molecular weight is 368 g/mol. The van der Waals surface area contributed by atoms with Gasteiger partial charge in [-0.2, -0.15) is 0 Å². The number of carbonyl (C=O) groups is 3. The Bertz CT molecular complexity index is 844. The minimum atomic E-state index is -0.430. The van der Waals surface area contributed by atoms with Crippen molar-refractivity contribution in [2.24, 2.45) is 0 Å². The second-order valence-electron chi connectivity index (χ2n) is 6.44. The molecular formula is C21H24N2O4. The monoisotopic (exact) mass is 368 g/mol. The van der Waals surface area contributed by atoms with Crippen LogP contribution in [0.25, 0.3) is 0 Å². The maximum Gasteiger partial charge on any atom is 0.337 e. The molecule has 6 nitrogen and oxygen atoms in total. The Labute approximate surface area is 158 Å². The number of carbonyl (C=O) groups excluding carboxylic acids is 3. The second-order valence-corrected chi connectivity index (χ2v) is 6.44. The molecule has 2 aromatic carbocycles. The van der Waals surface area contributed by atoms with Crippen LogP contribution < -0.4 is 10.6 Å². The first kappa shape index (κ1) is 20.2. The molecule has 2 amide bonds. The SMILES string of the molecule is COC(=O)c1ccc(NC(=O)CC(NC(C)=O)c2ccc(C)cc2)c(C)c1. The van der Waals surface area contributed by atoms with Crippen LogP contribution in [-0.4, -0.2) is 24.9 Å². The number of nitrogens with one attached hydrogen (secondary N) is 2. The molecule has 0 heterocycles. The number of methoxy groups -OCH3 is 1. The third-order valence-electron chi connectivity index (χ3n) is 4.17. The molecule has 6 heteroatoms. The summed E-state index contributed by atoms with van der Waals surface area (Å²) in [6, 6.07) is 12.2. The van der Waals surface area contributed by atoms with E-state index in [0.29, 0.717) is 11.3 Å². The second kappa shape index (κ2) is 8.98. The molecule has 1 unspecified atom stereocenters. The fourth-order valence-corrected chi connectivity index (χ4v) is 2.73. The van der Waals surface area contributed by atoms with E-state index in [4.69, 9.17) is 4.74 Å². The predicted molar refractivity (Wildman–Crippen MR) is 104 cm³/mol. The zero-order valence-electron chi connectivity index (χ0n) is 16.0. The van der Waals surface area contributed by atoms with Gasteiger partial charge in [0.05, 0.1) is 25.1 Å². The highest BCUT2D eigenvalue weighted by atomic mass is 16.5. The number of ether oxygens (including phenoxy) is 1. The van der Waals surface area contributed by atoms with Gasteiger partial charge in [-0.15, -0.1) is 0 Å². The summed E-state index contributed by atoms with van der Waals surface area (Å²) < 4.78 is 4.69. The summed E-state index contributed by atoms with van der Waals surface area (Å²) in [5.41, 5.74) is 3.74. The molecule has 0 spiro atoms. The molecule has 1 atom stereocenters. The van der Waals surface area contributed by atoms with E-state index in [1.807, 2.05) is 31.2 Å². The quantitative estimate of drug-likeness (QED) is 0.766. The minimum absolute atomic E-state index is 0.0980. The van der Waals surface area contributed by atoms with Crippen LogP contribution in [-0.2, 0) is 14.3 Å². The Hall–Kier alpha value is -3.15. The van der Waals surface area contributed by atoms with Crippen LogP contribution in [0, 0.1) is 13.8 Å². The van der Waals surface area contributed by atoms with Crippen molar-refractivity contribution < 1.29 is 19.1 Å². The van der Waals surface area contributed by atoms with Gasteiger partial charge in [0, 0.05) is 12.6 Å². The summed E-state index contributed by atoms with van der Waals surface area (Å²) in [6.07, 6.45) is 0.0980. The largest absolute Gasteiger partial charge is 0.465 e. The minimum Gasteiger partial charge on any atom is -0.465 e. The topological polar surface area (TPSA) is 84.5 Å². The van der Waals surface area contributed by atoms with Gasteiger partial charge in [0.1, 0.15) is 0 Å². The van der Waals surface area contributed by atoms with Gasteiger partial charge in [-0.3, -0.25) is 9.59 Å². The van der Waals surface area contributed by atoms with E-state index in [2.05, 4.69) is 10.6 Å². The van der Waals surface area contributed by atoms with E-state index in [1.165, 1.54) is 14.0 Å². The molecular weight excluding hydrogens is 344 g/mol. The van der Waals surface area contributed by atoms with Gasteiger partial charge < -0.3 is 15.4 Å². The number of benzene rings is 2. The first-order chi connectivity index (χ1) is 12.8. The molecule has 142 valence electrons. The van der Waals surface area contributed by atoms with E-state index in [0.717, 1.165) is 16.7 Å². The number of esters is 1. The van der Waals surface area contributed by atoms with Crippen LogP contribution in [0.4, 0.5) is 5.69 Å². The van der Waals surface area contributed by atoms with E-state index < -0.39 is 12.0 Å². The van der Waals surface area contributed by atoms with Gasteiger partial charge in [-0.05, 0) is 43.2 Å². The van der Waals surface area contributed by atoms with Crippen molar-refractivity contribution in [1.29, 1.82) is 0 Å². The molecule has 2 N–H and O–H groups in total. The number of rotatable bonds is 6. The molecule has 0 saturated carbocycles. The number of amides is 2. The smallest absolute Gasteiger partial charge is 0.337 e. The lowest BCUT2D eigenvalue weighted by Crippen LogP contribution is -2.29. The highest BCUT2D eigenvalue weighted by Crippen LogP contribution is 2.21. The molecule has 0 bridgehead atoms. The molecule has 0 radical (unpaired) electrons. The highest BCUT2D eigenvalue weighted by molar-refractivity contribution is 5.94. The summed E-state index contributed by atoms with van der Waals surface area (Å²) in [7, 11) is 1.32. The lowest BCUT2D eigenvalue weighted by molar-refractivity contribution is -0.120. The Balaban J connectivity index is 2.12. The lowest BCUT2D eigenvalue weighted by Gasteiger charge is -2.19. The molecule has 0 aliphatic rings. The fraction of sp³-hybridized carbons (Fsp3) is 0.286. The summed E-state index contributed by atoms with van der Waals surface area (Å²) in [5, 5.41) is 5.65. The van der Waals surface area contributed by atoms with Crippen LogP contribution in [0.3, 0.4) is 0 Å². The van der Waals surface area contributed by atoms with E-state index in [1.54, 1.807) is 25.1 Å². The van der Waals surface area contributed by atoms with E-state index in [9.17, 15) is 14.4 Å². The molecule has 0 saturated heterocycles. The van der Waals surface area contributed by atoms with Crippen LogP contribution in [0.2, 0.25) is 0 Å². The first-order valence-electron chi connectivity index (χ1n) is 8.62. The Kier molecular flexibility index (Phi) is 6.71. The van der Waals surface area contributed by atoms with E-state index in [-0.39, 0.29) is 18.2 Å². The van der Waals surface area contributed by atoms with Crippen molar-refractivity contribution >= 4 is 23.5 Å². The first-order valence-corrected chi connectivity index (χ1v) is 8.62. The number of hydrogen-bond donors (Lipinski definition) is 2. The van der Waals surface area contributed by atoms with Crippen molar-refractivity contribution in [2.45, 2.75) is 33.2 Å². The number of anilines is 1. The molecule has 27 heavy (non-hydrogen) atoms. The molecule has 0 fully saturated rings. The molecule has 0 aliphatic carbocycles. The Morgan fingerprint density at radius 1 is 1.04 bits per heavy atom. The number of hydrogen-bond acceptors (Lipinski definition) is 4. The maximum absolute atomic E-state index is 12.5. The van der Waals surface area contributed by atoms with Crippen LogP contribution in [0.1, 0.15) is 46.4 Å². The van der Waals surface area contributed by atoms with Gasteiger partial charge in [0.25, 0.3) is 0 Å². The predicted octanol–water partition coefficient (Wildman–Crippen LogP) is 3.30. The zero-order chi connectivity index (χ0) is 20.0. The summed E-state index contributed by atoms with van der Waals surface area (Å²) in [4.78, 5) is 35.6. The Morgan fingerprint density at radius 3 is 2.26 bits per heavy atom. The summed E-state index contributed by atoms with van der Waals surface area (Å²) in [6.45, 7) is 5.20. The van der Waals surface area contributed by atoms with Gasteiger partial charge in [0.2, 0.25) is 11.8 Å². The summed E-state index contributed by atoms with van der Waals surface area (Å²) in [5.74, 6) is -0.865. The van der Waals surface area contributed by atoms with Gasteiger partial charge in [-0.1, -0.05) is 29.8 Å². The third-order valence-corrected chi connectivity index (χ3v) is 4.17. The van der Waals surface area contributed by atoms with Crippen molar-refractivity contribution in [1.82, 2.24) is 5.32 Å².